The van der Waals surface area contributed by atoms with Gasteiger partial charge in [0.25, 0.3) is 0 Å². The van der Waals surface area contributed by atoms with Crippen LogP contribution in [0, 0.1) is 11.6 Å². The summed E-state index contributed by atoms with van der Waals surface area (Å²) in [5, 5.41) is 2.92. The SMILES string of the molecule is CCN(c1ccc(F)cc1)c1nccc(CNC)c1F. The van der Waals surface area contributed by atoms with Crippen LogP contribution in [0.3, 0.4) is 0 Å². The molecule has 2 rings (SSSR count). The van der Waals surface area contributed by atoms with Crippen molar-refractivity contribution in [2.24, 2.45) is 0 Å². The summed E-state index contributed by atoms with van der Waals surface area (Å²) in [6.07, 6.45) is 1.58. The molecule has 106 valence electrons. The van der Waals surface area contributed by atoms with Crippen LogP contribution in [0.4, 0.5) is 20.3 Å². The second kappa shape index (κ2) is 6.43. The lowest BCUT2D eigenvalue weighted by molar-refractivity contribution is 0.593. The van der Waals surface area contributed by atoms with E-state index >= 15 is 0 Å². The van der Waals surface area contributed by atoms with Crippen molar-refractivity contribution in [3.8, 4) is 0 Å². The molecule has 1 N–H and O–H groups in total. The van der Waals surface area contributed by atoms with E-state index in [1.54, 1.807) is 36.3 Å². The number of halogens is 2. The number of anilines is 2. The smallest absolute Gasteiger partial charge is 0.170 e. The lowest BCUT2D eigenvalue weighted by atomic mass is 10.2. The van der Waals surface area contributed by atoms with Gasteiger partial charge in [-0.05, 0) is 44.3 Å². The van der Waals surface area contributed by atoms with E-state index in [0.717, 1.165) is 0 Å². The first-order chi connectivity index (χ1) is 9.67. The topological polar surface area (TPSA) is 28.2 Å². The zero-order valence-electron chi connectivity index (χ0n) is 11.5. The van der Waals surface area contributed by atoms with Gasteiger partial charge in [-0.15, -0.1) is 0 Å². The molecular weight excluding hydrogens is 260 g/mol. The van der Waals surface area contributed by atoms with Crippen LogP contribution in [0.5, 0.6) is 0 Å². The average Bonchev–Trinajstić information content (AvgIpc) is 2.46. The predicted molar refractivity (Wildman–Crippen MR) is 76.0 cm³/mol. The van der Waals surface area contributed by atoms with Crippen molar-refractivity contribution in [3.05, 3.63) is 53.7 Å². The second-order valence-corrected chi connectivity index (χ2v) is 4.36. The maximum atomic E-state index is 14.4. The van der Waals surface area contributed by atoms with Crippen LogP contribution in [-0.4, -0.2) is 18.6 Å². The first-order valence-corrected chi connectivity index (χ1v) is 6.48. The number of rotatable bonds is 5. The van der Waals surface area contributed by atoms with Crippen molar-refractivity contribution in [2.75, 3.05) is 18.5 Å². The highest BCUT2D eigenvalue weighted by Crippen LogP contribution is 2.27. The van der Waals surface area contributed by atoms with Crippen LogP contribution in [0.15, 0.2) is 36.5 Å². The molecule has 0 fully saturated rings. The van der Waals surface area contributed by atoms with Crippen molar-refractivity contribution in [1.82, 2.24) is 10.3 Å². The molecule has 1 heterocycles. The standard InChI is InChI=1S/C15H17F2N3/c1-3-20(13-6-4-12(16)5-7-13)15-14(17)11(10-18-2)8-9-19-15/h4-9,18H,3,10H2,1-2H3. The molecular formula is C15H17F2N3. The zero-order chi connectivity index (χ0) is 14.5. The Labute approximate surface area is 117 Å². The zero-order valence-corrected chi connectivity index (χ0v) is 11.5. The van der Waals surface area contributed by atoms with Crippen LogP contribution >= 0.6 is 0 Å². The summed E-state index contributed by atoms with van der Waals surface area (Å²) < 4.78 is 27.4. The van der Waals surface area contributed by atoms with Gasteiger partial charge in [0.05, 0.1) is 0 Å². The van der Waals surface area contributed by atoms with Gasteiger partial charge in [-0.2, -0.15) is 0 Å². The van der Waals surface area contributed by atoms with Crippen LogP contribution in [0.2, 0.25) is 0 Å². The minimum Gasteiger partial charge on any atom is -0.324 e. The molecule has 0 amide bonds. The van der Waals surface area contributed by atoms with Crippen molar-refractivity contribution < 1.29 is 8.78 Å². The summed E-state index contributed by atoms with van der Waals surface area (Å²) in [5.41, 5.74) is 1.26. The van der Waals surface area contributed by atoms with Crippen LogP contribution in [0.25, 0.3) is 0 Å². The molecule has 0 spiro atoms. The number of hydrogen-bond acceptors (Lipinski definition) is 3. The van der Waals surface area contributed by atoms with Crippen molar-refractivity contribution in [2.45, 2.75) is 13.5 Å². The van der Waals surface area contributed by atoms with Crippen molar-refractivity contribution >= 4 is 11.5 Å². The van der Waals surface area contributed by atoms with E-state index in [2.05, 4.69) is 10.3 Å². The predicted octanol–water partition coefficient (Wildman–Crippen LogP) is 3.24. The largest absolute Gasteiger partial charge is 0.324 e. The summed E-state index contributed by atoms with van der Waals surface area (Å²) in [6.45, 7) is 2.87. The molecule has 1 aromatic carbocycles. The van der Waals surface area contributed by atoms with Gasteiger partial charge in [0.1, 0.15) is 5.82 Å². The molecule has 0 aliphatic rings. The van der Waals surface area contributed by atoms with Crippen LogP contribution in [-0.2, 0) is 6.54 Å². The first kappa shape index (κ1) is 14.4. The molecule has 0 aliphatic carbocycles. The van der Waals surface area contributed by atoms with E-state index < -0.39 is 0 Å². The Hall–Kier alpha value is -2.01. The highest BCUT2D eigenvalue weighted by molar-refractivity contribution is 5.60. The van der Waals surface area contributed by atoms with Gasteiger partial charge in [-0.25, -0.2) is 13.8 Å². The molecule has 3 nitrogen and oxygen atoms in total. The molecule has 0 saturated carbocycles. The van der Waals surface area contributed by atoms with Crippen molar-refractivity contribution in [1.29, 1.82) is 0 Å². The van der Waals surface area contributed by atoms with Gasteiger partial charge in [-0.3, -0.25) is 0 Å². The van der Waals surface area contributed by atoms with Crippen molar-refractivity contribution in [3.63, 3.8) is 0 Å². The molecule has 5 heteroatoms. The van der Waals surface area contributed by atoms with Gasteiger partial charge in [0, 0.05) is 30.5 Å². The fourth-order valence-corrected chi connectivity index (χ4v) is 2.06. The molecule has 0 unspecified atom stereocenters. The minimum atomic E-state index is -0.354. The highest BCUT2D eigenvalue weighted by atomic mass is 19.1. The second-order valence-electron chi connectivity index (χ2n) is 4.36. The Bertz CT molecular complexity index is 570. The molecule has 0 atom stereocenters. The lowest BCUT2D eigenvalue weighted by Gasteiger charge is -2.23. The quantitative estimate of drug-likeness (QED) is 0.909. The third kappa shape index (κ3) is 2.93. The van der Waals surface area contributed by atoms with Gasteiger partial charge in [-0.1, -0.05) is 0 Å². The van der Waals surface area contributed by atoms with E-state index in [0.29, 0.717) is 24.3 Å². The maximum absolute atomic E-state index is 14.4. The molecule has 1 aromatic heterocycles. The summed E-state index contributed by atoms with van der Waals surface area (Å²) in [5.74, 6) is -0.415. The fraction of sp³-hybridized carbons (Fsp3) is 0.267. The van der Waals surface area contributed by atoms with E-state index in [1.165, 1.54) is 12.1 Å². The third-order valence-electron chi connectivity index (χ3n) is 3.03. The molecule has 0 bridgehead atoms. The molecule has 20 heavy (non-hydrogen) atoms. The Morgan fingerprint density at radius 2 is 1.85 bits per heavy atom. The molecule has 0 aliphatic heterocycles. The van der Waals surface area contributed by atoms with Gasteiger partial charge in [0.2, 0.25) is 0 Å². The number of benzene rings is 1. The molecule has 2 aromatic rings. The van der Waals surface area contributed by atoms with E-state index in [9.17, 15) is 8.78 Å². The van der Waals surface area contributed by atoms with E-state index in [1.807, 2.05) is 6.92 Å². The third-order valence-corrected chi connectivity index (χ3v) is 3.03. The minimum absolute atomic E-state index is 0.256. The lowest BCUT2D eigenvalue weighted by Crippen LogP contribution is -2.20. The van der Waals surface area contributed by atoms with E-state index in [-0.39, 0.29) is 17.5 Å². The van der Waals surface area contributed by atoms with Gasteiger partial charge < -0.3 is 10.2 Å². The number of pyridine rings is 1. The number of aromatic nitrogens is 1. The highest BCUT2D eigenvalue weighted by Gasteiger charge is 2.16. The Morgan fingerprint density at radius 3 is 2.45 bits per heavy atom. The maximum Gasteiger partial charge on any atom is 0.170 e. The number of hydrogen-bond donors (Lipinski definition) is 1. The summed E-state index contributed by atoms with van der Waals surface area (Å²) in [7, 11) is 1.76. The first-order valence-electron chi connectivity index (χ1n) is 6.48. The van der Waals surface area contributed by atoms with Gasteiger partial charge >= 0.3 is 0 Å². The summed E-state index contributed by atoms with van der Waals surface area (Å²) in [6, 6.07) is 7.59. The normalized spacial score (nSPS) is 10.6. The Morgan fingerprint density at radius 1 is 1.15 bits per heavy atom. The van der Waals surface area contributed by atoms with E-state index in [4.69, 9.17) is 0 Å². The Balaban J connectivity index is 2.41. The Kier molecular flexibility index (Phi) is 4.63. The van der Waals surface area contributed by atoms with Crippen LogP contribution in [0.1, 0.15) is 12.5 Å². The molecule has 0 radical (unpaired) electrons. The summed E-state index contributed by atoms with van der Waals surface area (Å²) >= 11 is 0. The molecule has 0 saturated heterocycles. The monoisotopic (exact) mass is 277 g/mol. The van der Waals surface area contributed by atoms with Gasteiger partial charge in [0.15, 0.2) is 11.6 Å². The fourth-order valence-electron chi connectivity index (χ4n) is 2.06. The number of nitrogens with one attached hydrogen (secondary N) is 1. The van der Waals surface area contributed by atoms with Crippen LogP contribution < -0.4 is 10.2 Å². The average molecular weight is 277 g/mol. The summed E-state index contributed by atoms with van der Waals surface area (Å²) in [4.78, 5) is 5.84. The number of nitrogens with zero attached hydrogens (tertiary/aromatic N) is 2.